The van der Waals surface area contributed by atoms with Crippen molar-refractivity contribution in [1.82, 2.24) is 10.2 Å². The molecule has 2 saturated carbocycles. The van der Waals surface area contributed by atoms with Gasteiger partial charge < -0.3 is 19.7 Å². The zero-order valence-corrected chi connectivity index (χ0v) is 16.0. The highest BCUT2D eigenvalue weighted by Gasteiger charge is 2.58. The predicted molar refractivity (Wildman–Crippen MR) is 96.2 cm³/mol. The zero-order chi connectivity index (χ0) is 20.8. The first-order valence-corrected chi connectivity index (χ1v) is 9.70. The first-order valence-electron chi connectivity index (χ1n) is 9.70. The van der Waals surface area contributed by atoms with Crippen LogP contribution >= 0.6 is 0 Å². The van der Waals surface area contributed by atoms with Crippen molar-refractivity contribution < 1.29 is 32.2 Å². The lowest BCUT2D eigenvalue weighted by molar-refractivity contribution is -0.274. The lowest BCUT2D eigenvalue weighted by atomic mass is 9.78. The number of carbonyl (C=O) groups is 2. The van der Waals surface area contributed by atoms with Crippen LogP contribution in [0.5, 0.6) is 5.75 Å². The number of fused-ring (bicyclic) bond motifs is 1. The minimum Gasteiger partial charge on any atom is -0.453 e. The molecule has 1 heterocycles. The Kier molecular flexibility index (Phi) is 4.86. The molecule has 3 aliphatic rings. The number of nitrogens with zero attached hydrogens (tertiary/aromatic N) is 1. The third-order valence-corrected chi connectivity index (χ3v) is 6.45. The van der Waals surface area contributed by atoms with E-state index in [9.17, 15) is 22.8 Å². The first kappa shape index (κ1) is 19.8. The largest absolute Gasteiger partial charge is 0.573 e. The van der Waals surface area contributed by atoms with Crippen LogP contribution in [-0.4, -0.2) is 49.5 Å². The molecule has 1 aliphatic heterocycles. The molecule has 0 spiro atoms. The highest BCUT2D eigenvalue weighted by molar-refractivity contribution is 5.80. The smallest absolute Gasteiger partial charge is 0.453 e. The Hall–Kier alpha value is -2.45. The fourth-order valence-electron chi connectivity index (χ4n) is 4.74. The molecule has 2 aliphatic carbocycles. The number of amides is 2. The van der Waals surface area contributed by atoms with Crippen molar-refractivity contribution in [3.63, 3.8) is 0 Å². The second-order valence-electron chi connectivity index (χ2n) is 8.17. The number of benzene rings is 1. The number of carbonyl (C=O) groups excluding carboxylic acids is 2. The van der Waals surface area contributed by atoms with Gasteiger partial charge >= 0.3 is 12.5 Å². The number of ether oxygens (including phenoxy) is 2. The third-order valence-electron chi connectivity index (χ3n) is 6.45. The molecule has 1 saturated heterocycles. The molecule has 1 N–H and O–H groups in total. The normalized spacial score (nSPS) is 30.6. The molecule has 9 heteroatoms. The van der Waals surface area contributed by atoms with Crippen LogP contribution in [-0.2, 0) is 14.9 Å². The topological polar surface area (TPSA) is 67.9 Å². The molecular formula is C20H23F3N2O4. The zero-order valence-electron chi connectivity index (χ0n) is 16.0. The van der Waals surface area contributed by atoms with E-state index in [0.29, 0.717) is 25.9 Å². The molecule has 0 bridgehead atoms. The summed E-state index contributed by atoms with van der Waals surface area (Å²) < 4.78 is 46.1. The maximum atomic E-state index is 12.7. The highest BCUT2D eigenvalue weighted by Crippen LogP contribution is 2.59. The maximum absolute atomic E-state index is 12.7. The molecule has 6 nitrogen and oxygen atoms in total. The van der Waals surface area contributed by atoms with Crippen LogP contribution in [0.2, 0.25) is 0 Å². The lowest BCUT2D eigenvalue weighted by Crippen LogP contribution is -2.52. The first-order chi connectivity index (χ1) is 13.7. The van der Waals surface area contributed by atoms with Gasteiger partial charge in [0, 0.05) is 30.5 Å². The van der Waals surface area contributed by atoms with Gasteiger partial charge in [-0.05, 0) is 49.3 Å². The summed E-state index contributed by atoms with van der Waals surface area (Å²) in [5, 5.41) is 2.70. The lowest BCUT2D eigenvalue weighted by Gasteiger charge is -2.40. The van der Waals surface area contributed by atoms with Gasteiger partial charge in [0.15, 0.2) is 0 Å². The number of hydrogen-bond donors (Lipinski definition) is 1. The van der Waals surface area contributed by atoms with Gasteiger partial charge in [0.2, 0.25) is 5.91 Å². The second kappa shape index (κ2) is 7.11. The van der Waals surface area contributed by atoms with E-state index in [0.717, 1.165) is 18.4 Å². The van der Waals surface area contributed by atoms with E-state index >= 15 is 0 Å². The van der Waals surface area contributed by atoms with Crippen LogP contribution in [0.25, 0.3) is 0 Å². The van der Waals surface area contributed by atoms with Crippen molar-refractivity contribution in [2.75, 3.05) is 20.2 Å². The van der Waals surface area contributed by atoms with Gasteiger partial charge in [0.25, 0.3) is 0 Å². The quantitative estimate of drug-likeness (QED) is 0.825. The summed E-state index contributed by atoms with van der Waals surface area (Å²) in [6.45, 7) is 1.21. The molecule has 29 heavy (non-hydrogen) atoms. The average Bonchev–Trinajstić information content (AvgIpc) is 3.37. The van der Waals surface area contributed by atoms with Gasteiger partial charge in [-0.3, -0.25) is 4.79 Å². The Labute approximate surface area is 166 Å². The average molecular weight is 412 g/mol. The minimum absolute atomic E-state index is 0.0300. The molecule has 2 amide bonds. The number of likely N-dealkylation sites (tertiary alicyclic amines) is 1. The fourth-order valence-corrected chi connectivity index (χ4v) is 4.74. The van der Waals surface area contributed by atoms with Crippen molar-refractivity contribution in [3.05, 3.63) is 29.8 Å². The predicted octanol–water partition coefficient (Wildman–Crippen LogP) is 3.21. The van der Waals surface area contributed by atoms with Crippen LogP contribution < -0.4 is 10.1 Å². The number of methoxy groups -OCH3 is 1. The number of piperidine rings is 1. The van der Waals surface area contributed by atoms with Crippen LogP contribution in [0.4, 0.5) is 18.0 Å². The van der Waals surface area contributed by atoms with Crippen molar-refractivity contribution in [2.45, 2.75) is 43.5 Å². The van der Waals surface area contributed by atoms with E-state index in [-0.39, 0.29) is 34.9 Å². The van der Waals surface area contributed by atoms with Crippen LogP contribution in [0.3, 0.4) is 0 Å². The van der Waals surface area contributed by atoms with E-state index in [1.165, 1.54) is 19.2 Å². The van der Waals surface area contributed by atoms with E-state index in [2.05, 4.69) is 14.8 Å². The molecule has 0 unspecified atom stereocenters. The third kappa shape index (κ3) is 4.00. The van der Waals surface area contributed by atoms with E-state index < -0.39 is 12.5 Å². The number of rotatable bonds is 4. The van der Waals surface area contributed by atoms with Gasteiger partial charge in [0.05, 0.1) is 7.11 Å². The van der Waals surface area contributed by atoms with Gasteiger partial charge in [-0.25, -0.2) is 4.79 Å². The molecule has 1 aromatic rings. The van der Waals surface area contributed by atoms with Crippen molar-refractivity contribution in [2.24, 2.45) is 11.8 Å². The van der Waals surface area contributed by atoms with E-state index in [4.69, 9.17) is 0 Å². The molecule has 4 rings (SSSR count). The SMILES string of the molecule is COC(=O)NC1CC(C(=O)N2CC[C@@]3(c4cccc(OC(F)(F)F)c4)C[C@H]3C2)C1. The molecule has 0 aromatic heterocycles. The van der Waals surface area contributed by atoms with Crippen molar-refractivity contribution in [3.8, 4) is 5.75 Å². The Bertz CT molecular complexity index is 809. The summed E-state index contributed by atoms with van der Waals surface area (Å²) in [5.74, 6) is 0.0621. The number of alkyl halides is 3. The standard InChI is InChI=1S/C20H23F3N2O4/c1-28-18(27)24-15-7-12(8-15)17(26)25-6-5-19(10-14(19)11-25)13-3-2-4-16(9-13)29-20(21,22)23/h2-4,9,12,14-15H,5-8,10-11H2,1H3,(H,24,27)/t12?,14-,15?,19-/m0/s1. The molecular weight excluding hydrogens is 389 g/mol. The number of nitrogens with one attached hydrogen (secondary N) is 1. The molecule has 1 aromatic carbocycles. The van der Waals surface area contributed by atoms with Crippen LogP contribution in [0.1, 0.15) is 31.2 Å². The van der Waals surface area contributed by atoms with Crippen molar-refractivity contribution >= 4 is 12.0 Å². The van der Waals surface area contributed by atoms with Gasteiger partial charge in [-0.15, -0.1) is 13.2 Å². The Morgan fingerprint density at radius 2 is 2.03 bits per heavy atom. The number of halogens is 3. The summed E-state index contributed by atoms with van der Waals surface area (Å²) in [7, 11) is 1.30. The summed E-state index contributed by atoms with van der Waals surface area (Å²) in [4.78, 5) is 25.8. The van der Waals surface area contributed by atoms with Gasteiger partial charge in [-0.2, -0.15) is 0 Å². The molecule has 158 valence electrons. The van der Waals surface area contributed by atoms with Gasteiger partial charge in [-0.1, -0.05) is 12.1 Å². The molecule has 3 fully saturated rings. The molecule has 0 radical (unpaired) electrons. The van der Waals surface area contributed by atoms with Crippen LogP contribution in [0, 0.1) is 11.8 Å². The van der Waals surface area contributed by atoms with Gasteiger partial charge in [0.1, 0.15) is 5.75 Å². The summed E-state index contributed by atoms with van der Waals surface area (Å²) in [5.41, 5.74) is 0.693. The minimum atomic E-state index is -4.71. The fraction of sp³-hybridized carbons (Fsp3) is 0.600. The number of alkyl carbamates (subject to hydrolysis) is 1. The Morgan fingerprint density at radius 3 is 2.69 bits per heavy atom. The molecule has 2 atom stereocenters. The Morgan fingerprint density at radius 1 is 1.28 bits per heavy atom. The van der Waals surface area contributed by atoms with Crippen LogP contribution in [0.15, 0.2) is 24.3 Å². The van der Waals surface area contributed by atoms with Crippen molar-refractivity contribution in [1.29, 1.82) is 0 Å². The summed E-state index contributed by atoms with van der Waals surface area (Å²) >= 11 is 0. The second-order valence-corrected chi connectivity index (χ2v) is 8.17. The summed E-state index contributed by atoms with van der Waals surface area (Å²) in [6.07, 6.45) is -2.39. The Balaban J connectivity index is 1.33. The highest BCUT2D eigenvalue weighted by atomic mass is 19.4. The maximum Gasteiger partial charge on any atom is 0.573 e. The number of hydrogen-bond acceptors (Lipinski definition) is 4. The van der Waals surface area contributed by atoms with E-state index in [1.807, 2.05) is 11.0 Å². The monoisotopic (exact) mass is 412 g/mol. The van der Waals surface area contributed by atoms with E-state index in [1.54, 1.807) is 6.07 Å². The summed E-state index contributed by atoms with van der Waals surface area (Å²) in [6, 6.07) is 6.17.